The number of hydrogen-bond acceptors (Lipinski definition) is 5. The minimum atomic E-state index is -0.724. The lowest BCUT2D eigenvalue weighted by molar-refractivity contribution is -0.152. The molecule has 0 saturated carbocycles. The summed E-state index contributed by atoms with van der Waals surface area (Å²) in [5.74, 6) is -0.721. The number of alkyl carbamates (subject to hydrolysis) is 1. The first-order valence-corrected chi connectivity index (χ1v) is 5.91. The molecule has 1 amide bonds. The molecule has 0 aliphatic carbocycles. The van der Waals surface area contributed by atoms with Gasteiger partial charge in [0.1, 0.15) is 17.7 Å². The Kier molecular flexibility index (Phi) is 5.80. The Bertz CT molecular complexity index is 364. The Hall–Kier alpha value is -1.79. The zero-order valence-corrected chi connectivity index (χ0v) is 12.4. The van der Waals surface area contributed by atoms with Crippen molar-refractivity contribution in [1.82, 2.24) is 5.32 Å². The van der Waals surface area contributed by atoms with Crippen molar-refractivity contribution in [2.45, 2.75) is 52.7 Å². The molecule has 0 atom stereocenters. The van der Waals surface area contributed by atoms with Crippen molar-refractivity contribution in [2.75, 3.05) is 6.54 Å². The topological polar surface area (TPSA) is 103 Å². The van der Waals surface area contributed by atoms with Crippen LogP contribution < -0.4 is 11.1 Å². The van der Waals surface area contributed by atoms with Gasteiger partial charge in [-0.3, -0.25) is 10.1 Å². The summed E-state index contributed by atoms with van der Waals surface area (Å²) in [7, 11) is 0. The Morgan fingerprint density at radius 3 is 1.95 bits per heavy atom. The molecule has 0 aliphatic rings. The molecule has 0 spiro atoms. The van der Waals surface area contributed by atoms with Crippen molar-refractivity contribution >= 4 is 18.0 Å². The number of nitrogens with two attached hydrogens (primary N) is 1. The minimum absolute atomic E-state index is 0.194. The highest BCUT2D eigenvalue weighted by molar-refractivity contribution is 5.93. The summed E-state index contributed by atoms with van der Waals surface area (Å²) in [5.41, 5.74) is 4.22. The fraction of sp³-hybridized carbons (Fsp3) is 0.750. The van der Waals surface area contributed by atoms with Crippen molar-refractivity contribution in [3.05, 3.63) is 0 Å². The monoisotopic (exact) mass is 273 g/mol. The van der Waals surface area contributed by atoms with Gasteiger partial charge in [-0.1, -0.05) is 0 Å². The van der Waals surface area contributed by atoms with E-state index in [1.807, 2.05) is 0 Å². The highest BCUT2D eigenvalue weighted by Gasteiger charge is 2.18. The lowest BCUT2D eigenvalue weighted by Crippen LogP contribution is -2.41. The van der Waals surface area contributed by atoms with Crippen LogP contribution in [0.4, 0.5) is 4.79 Å². The van der Waals surface area contributed by atoms with E-state index in [0.29, 0.717) is 0 Å². The van der Waals surface area contributed by atoms with E-state index in [1.165, 1.54) is 0 Å². The van der Waals surface area contributed by atoms with Gasteiger partial charge >= 0.3 is 12.1 Å². The van der Waals surface area contributed by atoms with Crippen LogP contribution in [0.15, 0.2) is 4.99 Å². The van der Waals surface area contributed by atoms with E-state index in [4.69, 9.17) is 15.2 Å². The minimum Gasteiger partial charge on any atom is -0.459 e. The molecule has 7 heteroatoms. The van der Waals surface area contributed by atoms with E-state index in [1.54, 1.807) is 41.5 Å². The standard InChI is InChI=1S/C12H23N3O4/c1-11(2,3)18-8(16)7-14-9(13)15-10(17)19-12(4,5)6/h7H2,1-6H3,(H3,13,14,15,17). The van der Waals surface area contributed by atoms with Crippen LogP contribution >= 0.6 is 0 Å². The van der Waals surface area contributed by atoms with Gasteiger partial charge in [-0.05, 0) is 41.5 Å². The molecule has 0 bridgehead atoms. The quantitative estimate of drug-likeness (QED) is 0.446. The van der Waals surface area contributed by atoms with Gasteiger partial charge in [-0.25, -0.2) is 9.79 Å². The average molecular weight is 273 g/mol. The number of esters is 1. The molecule has 0 fully saturated rings. The van der Waals surface area contributed by atoms with Crippen LogP contribution in [0, 0.1) is 0 Å². The number of carbonyl (C=O) groups is 2. The number of carbonyl (C=O) groups excluding carboxylic acids is 2. The summed E-state index contributed by atoms with van der Waals surface area (Å²) in [5, 5.41) is 2.21. The predicted octanol–water partition coefficient (Wildman–Crippen LogP) is 1.17. The van der Waals surface area contributed by atoms with Crippen molar-refractivity contribution in [3.8, 4) is 0 Å². The molecule has 0 radical (unpaired) electrons. The maximum atomic E-state index is 11.3. The molecule has 0 heterocycles. The number of rotatable bonds is 2. The molecule has 110 valence electrons. The molecule has 7 nitrogen and oxygen atoms in total. The third-order valence-electron chi connectivity index (χ3n) is 1.43. The van der Waals surface area contributed by atoms with E-state index in [0.717, 1.165) is 0 Å². The van der Waals surface area contributed by atoms with Crippen molar-refractivity contribution in [1.29, 1.82) is 0 Å². The summed E-state index contributed by atoms with van der Waals surface area (Å²) >= 11 is 0. The van der Waals surface area contributed by atoms with E-state index in [9.17, 15) is 9.59 Å². The first-order chi connectivity index (χ1) is 8.39. The summed E-state index contributed by atoms with van der Waals surface area (Å²) in [4.78, 5) is 26.4. The van der Waals surface area contributed by atoms with Gasteiger partial charge in [0, 0.05) is 0 Å². The summed E-state index contributed by atoms with van der Waals surface area (Å²) in [6.07, 6.45) is -0.724. The second-order valence-corrected chi connectivity index (χ2v) is 5.91. The first kappa shape index (κ1) is 17.2. The molecule has 0 aromatic carbocycles. The van der Waals surface area contributed by atoms with Crippen molar-refractivity contribution in [3.63, 3.8) is 0 Å². The van der Waals surface area contributed by atoms with Gasteiger partial charge in [0.05, 0.1) is 0 Å². The Balaban J connectivity index is 4.22. The van der Waals surface area contributed by atoms with E-state index in [2.05, 4.69) is 10.3 Å². The van der Waals surface area contributed by atoms with Crippen molar-refractivity contribution < 1.29 is 19.1 Å². The zero-order chi connectivity index (χ0) is 15.3. The summed E-state index contributed by atoms with van der Waals surface area (Å²) in [6.45, 7) is 10.1. The number of amides is 1. The number of nitrogens with zero attached hydrogens (tertiary/aromatic N) is 1. The zero-order valence-electron chi connectivity index (χ0n) is 12.4. The van der Waals surface area contributed by atoms with Crippen LogP contribution in [0.3, 0.4) is 0 Å². The lowest BCUT2D eigenvalue weighted by Gasteiger charge is -2.20. The summed E-state index contributed by atoms with van der Waals surface area (Å²) in [6, 6.07) is 0. The molecular weight excluding hydrogens is 250 g/mol. The molecule has 19 heavy (non-hydrogen) atoms. The largest absolute Gasteiger partial charge is 0.459 e. The average Bonchev–Trinajstić information content (AvgIpc) is 2.08. The third-order valence-corrected chi connectivity index (χ3v) is 1.43. The molecule has 0 aromatic rings. The smallest absolute Gasteiger partial charge is 0.414 e. The highest BCUT2D eigenvalue weighted by atomic mass is 16.6. The fourth-order valence-corrected chi connectivity index (χ4v) is 0.971. The third kappa shape index (κ3) is 11.1. The number of guanidine groups is 1. The Labute approximate surface area is 113 Å². The van der Waals surface area contributed by atoms with E-state index < -0.39 is 23.3 Å². The van der Waals surface area contributed by atoms with E-state index in [-0.39, 0.29) is 12.5 Å². The van der Waals surface area contributed by atoms with Crippen LogP contribution in [0.1, 0.15) is 41.5 Å². The van der Waals surface area contributed by atoms with Crippen LogP contribution in [-0.2, 0) is 14.3 Å². The molecule has 0 unspecified atom stereocenters. The first-order valence-electron chi connectivity index (χ1n) is 5.91. The van der Waals surface area contributed by atoms with Gasteiger partial charge in [-0.2, -0.15) is 0 Å². The number of hydrogen-bond donors (Lipinski definition) is 2. The lowest BCUT2D eigenvalue weighted by atomic mass is 10.2. The number of nitrogens with one attached hydrogen (secondary N) is 1. The Morgan fingerprint density at radius 2 is 1.53 bits per heavy atom. The van der Waals surface area contributed by atoms with Crippen LogP contribution in [-0.4, -0.2) is 35.8 Å². The van der Waals surface area contributed by atoms with Crippen LogP contribution in [0.25, 0.3) is 0 Å². The molecule has 0 aromatic heterocycles. The number of aliphatic imine (C=N–C) groups is 1. The molecule has 0 rings (SSSR count). The molecule has 3 N–H and O–H groups in total. The molecular formula is C12H23N3O4. The van der Waals surface area contributed by atoms with Crippen LogP contribution in [0.2, 0.25) is 0 Å². The van der Waals surface area contributed by atoms with Gasteiger partial charge in [0.25, 0.3) is 0 Å². The fourth-order valence-electron chi connectivity index (χ4n) is 0.971. The normalized spacial score (nSPS) is 12.8. The second kappa shape index (κ2) is 6.40. The second-order valence-electron chi connectivity index (χ2n) is 5.91. The van der Waals surface area contributed by atoms with Gasteiger partial charge in [0.15, 0.2) is 5.96 Å². The SMILES string of the molecule is CC(C)(C)OC(=O)CN=C(N)NC(=O)OC(C)(C)C. The number of ether oxygens (including phenoxy) is 2. The van der Waals surface area contributed by atoms with Gasteiger partial charge < -0.3 is 15.2 Å². The van der Waals surface area contributed by atoms with E-state index >= 15 is 0 Å². The molecule has 0 saturated heterocycles. The van der Waals surface area contributed by atoms with Gasteiger partial charge in [-0.15, -0.1) is 0 Å². The predicted molar refractivity (Wildman–Crippen MR) is 71.7 cm³/mol. The van der Waals surface area contributed by atoms with Crippen molar-refractivity contribution in [2.24, 2.45) is 10.7 Å². The highest BCUT2D eigenvalue weighted by Crippen LogP contribution is 2.07. The maximum Gasteiger partial charge on any atom is 0.414 e. The van der Waals surface area contributed by atoms with Gasteiger partial charge in [0.2, 0.25) is 0 Å². The Morgan fingerprint density at radius 1 is 1.05 bits per heavy atom. The summed E-state index contributed by atoms with van der Waals surface area (Å²) < 4.78 is 10.00. The molecule has 0 aliphatic heterocycles. The maximum absolute atomic E-state index is 11.3. The van der Waals surface area contributed by atoms with Crippen LogP contribution in [0.5, 0.6) is 0 Å².